The molecule has 5 nitrogen and oxygen atoms in total. The highest BCUT2D eigenvalue weighted by Gasteiger charge is 2.52. The Morgan fingerprint density at radius 2 is 1.96 bits per heavy atom. The maximum atomic E-state index is 12.5. The maximum absolute atomic E-state index is 12.5. The molecule has 0 radical (unpaired) electrons. The molecule has 3 heterocycles. The van der Waals surface area contributed by atoms with Crippen LogP contribution in [0, 0.1) is 5.41 Å². The predicted octanol–water partition coefficient (Wildman–Crippen LogP) is 3.23. The van der Waals surface area contributed by atoms with Crippen molar-refractivity contribution in [2.75, 3.05) is 37.6 Å². The van der Waals surface area contributed by atoms with E-state index in [0.717, 1.165) is 38.3 Å². The van der Waals surface area contributed by atoms with E-state index in [1.807, 2.05) is 6.92 Å². The molecule has 2 aliphatic rings. The fourth-order valence-corrected chi connectivity index (χ4v) is 3.98. The smallest absolute Gasteiger partial charge is 0.406 e. The van der Waals surface area contributed by atoms with Crippen molar-refractivity contribution < 1.29 is 17.9 Å². The molecule has 0 N–H and O–H groups in total. The first kappa shape index (κ1) is 17.1. The molecule has 0 atom stereocenters. The molecule has 0 unspecified atom stereocenters. The van der Waals surface area contributed by atoms with Crippen molar-refractivity contribution in [2.45, 2.75) is 13.3 Å². The third-order valence-corrected chi connectivity index (χ3v) is 4.78. The number of alkyl halides is 3. The normalized spacial score (nSPS) is 19.3. The van der Waals surface area contributed by atoms with E-state index in [4.69, 9.17) is 0 Å². The summed E-state index contributed by atoms with van der Waals surface area (Å²) in [5, 5.41) is 0.571. The first-order valence-corrected chi connectivity index (χ1v) is 8.35. The van der Waals surface area contributed by atoms with Gasteiger partial charge in [0.2, 0.25) is 0 Å². The van der Waals surface area contributed by atoms with Crippen molar-refractivity contribution >= 4 is 16.7 Å². The van der Waals surface area contributed by atoms with E-state index in [2.05, 4.69) is 31.1 Å². The summed E-state index contributed by atoms with van der Waals surface area (Å²) in [5.74, 6) is 0.402. The minimum Gasteiger partial charge on any atom is -0.406 e. The summed E-state index contributed by atoms with van der Waals surface area (Å²) < 4.78 is 41.5. The van der Waals surface area contributed by atoms with Crippen molar-refractivity contribution in [1.82, 2.24) is 14.9 Å². The van der Waals surface area contributed by atoms with Gasteiger partial charge in [0.25, 0.3) is 0 Å². The van der Waals surface area contributed by atoms with Gasteiger partial charge < -0.3 is 9.64 Å². The number of nitrogens with zero attached hydrogens (tertiary/aromatic N) is 4. The highest BCUT2D eigenvalue weighted by Crippen LogP contribution is 2.43. The van der Waals surface area contributed by atoms with Gasteiger partial charge in [-0.25, -0.2) is 9.97 Å². The molecule has 26 heavy (non-hydrogen) atoms. The van der Waals surface area contributed by atoms with E-state index < -0.39 is 6.36 Å². The van der Waals surface area contributed by atoms with Crippen LogP contribution >= 0.6 is 0 Å². The first-order chi connectivity index (χ1) is 12.2. The zero-order chi connectivity index (χ0) is 18.5. The number of fused-ring (bicyclic) bond motifs is 1. The van der Waals surface area contributed by atoms with E-state index in [0.29, 0.717) is 16.7 Å². The molecule has 138 valence electrons. The Morgan fingerprint density at radius 3 is 2.62 bits per heavy atom. The number of aromatic nitrogens is 2. The molecule has 1 aromatic heterocycles. The van der Waals surface area contributed by atoms with E-state index in [1.54, 1.807) is 0 Å². The van der Waals surface area contributed by atoms with Gasteiger partial charge >= 0.3 is 6.36 Å². The van der Waals surface area contributed by atoms with Crippen LogP contribution in [0.25, 0.3) is 10.9 Å². The van der Waals surface area contributed by atoms with Crippen LogP contribution in [-0.4, -0.2) is 54.0 Å². The molecule has 0 bridgehead atoms. The second kappa shape index (κ2) is 5.84. The van der Waals surface area contributed by atoms with Crippen molar-refractivity contribution in [1.29, 1.82) is 0 Å². The number of rotatable bonds is 4. The molecule has 2 aromatic rings. The first-order valence-electron chi connectivity index (χ1n) is 8.35. The largest absolute Gasteiger partial charge is 0.573 e. The van der Waals surface area contributed by atoms with Crippen LogP contribution in [0.4, 0.5) is 19.0 Å². The molecule has 0 aliphatic carbocycles. The van der Waals surface area contributed by atoms with Crippen LogP contribution in [0.15, 0.2) is 36.7 Å². The number of anilines is 1. The summed E-state index contributed by atoms with van der Waals surface area (Å²) in [4.78, 5) is 12.9. The summed E-state index contributed by atoms with van der Waals surface area (Å²) in [6, 6.07) is 4.15. The molecule has 2 fully saturated rings. The lowest BCUT2D eigenvalue weighted by Gasteiger charge is -2.60. The summed E-state index contributed by atoms with van der Waals surface area (Å²) in [6.07, 6.45) is -3.27. The molecule has 2 aliphatic heterocycles. The average molecular weight is 364 g/mol. The van der Waals surface area contributed by atoms with E-state index in [9.17, 15) is 13.2 Å². The summed E-state index contributed by atoms with van der Waals surface area (Å²) in [5.41, 5.74) is 2.00. The summed E-state index contributed by atoms with van der Waals surface area (Å²) >= 11 is 0. The predicted molar refractivity (Wildman–Crippen MR) is 92.1 cm³/mol. The number of likely N-dealkylation sites (tertiary alicyclic amines) is 1. The Bertz CT molecular complexity index is 853. The number of benzene rings is 1. The van der Waals surface area contributed by atoms with Crippen molar-refractivity contribution in [3.05, 3.63) is 36.7 Å². The fourth-order valence-electron chi connectivity index (χ4n) is 3.98. The van der Waals surface area contributed by atoms with Crippen LogP contribution in [0.3, 0.4) is 0 Å². The zero-order valence-corrected chi connectivity index (χ0v) is 14.4. The molecule has 0 saturated carbocycles. The molecular formula is C18H19F3N4O. The number of hydrogen-bond acceptors (Lipinski definition) is 5. The van der Waals surface area contributed by atoms with Crippen molar-refractivity contribution in [2.24, 2.45) is 5.41 Å². The highest BCUT2D eigenvalue weighted by molar-refractivity contribution is 5.90. The van der Waals surface area contributed by atoms with Crippen molar-refractivity contribution in [3.63, 3.8) is 0 Å². The third-order valence-electron chi connectivity index (χ3n) is 4.78. The van der Waals surface area contributed by atoms with Crippen LogP contribution < -0.4 is 9.64 Å². The van der Waals surface area contributed by atoms with Gasteiger partial charge in [-0.05, 0) is 25.1 Å². The Balaban J connectivity index is 1.51. The topological polar surface area (TPSA) is 41.5 Å². The summed E-state index contributed by atoms with van der Waals surface area (Å²) in [6.45, 7) is 10.6. The second-order valence-electron chi connectivity index (χ2n) is 7.38. The summed E-state index contributed by atoms with van der Waals surface area (Å²) in [7, 11) is 0. The van der Waals surface area contributed by atoms with Gasteiger partial charge in [-0.2, -0.15) is 0 Å². The molecule has 1 aromatic carbocycles. The average Bonchev–Trinajstić information content (AvgIpc) is 2.46. The Hall–Kier alpha value is -2.35. The van der Waals surface area contributed by atoms with Crippen LogP contribution in [0.1, 0.15) is 6.92 Å². The minimum absolute atomic E-state index is 0.257. The Kier molecular flexibility index (Phi) is 3.83. The quantitative estimate of drug-likeness (QED) is 0.780. The van der Waals surface area contributed by atoms with Gasteiger partial charge in [0, 0.05) is 43.5 Å². The fraction of sp³-hybridized carbons (Fsp3) is 0.444. The van der Waals surface area contributed by atoms with E-state index in [-0.39, 0.29) is 11.2 Å². The Labute approximate surface area is 149 Å². The monoisotopic (exact) mass is 364 g/mol. The van der Waals surface area contributed by atoms with Gasteiger partial charge in [0.15, 0.2) is 0 Å². The lowest BCUT2D eigenvalue weighted by molar-refractivity contribution is -0.274. The zero-order valence-electron chi connectivity index (χ0n) is 14.4. The van der Waals surface area contributed by atoms with Gasteiger partial charge in [-0.1, -0.05) is 12.2 Å². The lowest BCUT2D eigenvalue weighted by atomic mass is 9.72. The van der Waals surface area contributed by atoms with E-state index >= 15 is 0 Å². The molecule has 1 spiro atoms. The third kappa shape index (κ3) is 3.21. The minimum atomic E-state index is -4.72. The van der Waals surface area contributed by atoms with Gasteiger partial charge in [-0.15, -0.1) is 13.2 Å². The number of hydrogen-bond donors (Lipinski definition) is 0. The van der Waals surface area contributed by atoms with Gasteiger partial charge in [0.1, 0.15) is 17.9 Å². The molecule has 0 amide bonds. The van der Waals surface area contributed by atoms with Gasteiger partial charge in [0.05, 0.1) is 5.52 Å². The van der Waals surface area contributed by atoms with E-state index in [1.165, 1.54) is 24.5 Å². The molecule has 8 heteroatoms. The Morgan fingerprint density at radius 1 is 1.23 bits per heavy atom. The molecule has 4 rings (SSSR count). The van der Waals surface area contributed by atoms with Crippen LogP contribution in [0.5, 0.6) is 5.75 Å². The second-order valence-corrected chi connectivity index (χ2v) is 7.38. The number of halogens is 3. The maximum Gasteiger partial charge on any atom is 0.573 e. The van der Waals surface area contributed by atoms with Crippen molar-refractivity contribution in [3.8, 4) is 5.75 Å². The molecular weight excluding hydrogens is 345 g/mol. The molecule has 2 saturated heterocycles. The van der Waals surface area contributed by atoms with Gasteiger partial charge in [-0.3, -0.25) is 4.90 Å². The highest BCUT2D eigenvalue weighted by atomic mass is 19.4. The number of ether oxygens (including phenoxy) is 1. The van der Waals surface area contributed by atoms with Crippen LogP contribution in [0.2, 0.25) is 0 Å². The van der Waals surface area contributed by atoms with Crippen LogP contribution in [-0.2, 0) is 0 Å². The standard InChI is InChI=1S/C18H19F3N4O/c1-12(2)6-24-7-17(8-24)9-25(10-17)16-14-5-13(26-18(19,20)21)3-4-15(14)22-11-23-16/h3-5,11H,1,6-10H2,2H3. The lowest BCUT2D eigenvalue weighted by Crippen LogP contribution is -2.72. The SMILES string of the molecule is C=C(C)CN1CC2(C1)CN(c1ncnc3ccc(OC(F)(F)F)cc13)C2.